The fraction of sp³-hybridized carbons (Fsp3) is 0.607. The fourth-order valence-corrected chi connectivity index (χ4v) is 5.89. The van der Waals surface area contributed by atoms with E-state index in [9.17, 15) is 9.59 Å². The second-order valence-corrected chi connectivity index (χ2v) is 13.7. The van der Waals surface area contributed by atoms with Gasteiger partial charge in [0.2, 0.25) is 0 Å². The molecule has 38 heavy (non-hydrogen) atoms. The van der Waals surface area contributed by atoms with E-state index in [1.165, 1.54) is 0 Å². The number of benzene rings is 1. The predicted octanol–water partition coefficient (Wildman–Crippen LogP) is 6.58. The topological polar surface area (TPSA) is 84.0 Å². The zero-order valence-electron chi connectivity index (χ0n) is 23.7. The molecule has 210 valence electrons. The third-order valence-electron chi connectivity index (χ3n) is 5.62. The number of fused-ring (bicyclic) bond motifs is 1. The first-order chi connectivity index (χ1) is 17.8. The molecule has 2 aromatic rings. The van der Waals surface area contributed by atoms with E-state index in [0.717, 1.165) is 46.6 Å². The van der Waals surface area contributed by atoms with Gasteiger partial charge in [0.15, 0.2) is 0 Å². The lowest BCUT2D eigenvalue weighted by atomic mass is 10.2. The molecular formula is C28H42N4O4S2. The van der Waals surface area contributed by atoms with Crippen LogP contribution in [0.2, 0.25) is 0 Å². The van der Waals surface area contributed by atoms with E-state index in [1.54, 1.807) is 23.7 Å². The third-order valence-corrected chi connectivity index (χ3v) is 7.86. The van der Waals surface area contributed by atoms with E-state index in [4.69, 9.17) is 9.47 Å². The van der Waals surface area contributed by atoms with Crippen LogP contribution in [0.25, 0.3) is 10.8 Å². The van der Waals surface area contributed by atoms with Crippen LogP contribution in [0.15, 0.2) is 40.4 Å². The van der Waals surface area contributed by atoms with Crippen molar-refractivity contribution in [3.8, 4) is 0 Å². The van der Waals surface area contributed by atoms with Crippen molar-refractivity contribution in [1.82, 2.24) is 19.5 Å². The highest BCUT2D eigenvalue weighted by Crippen LogP contribution is 2.32. The van der Waals surface area contributed by atoms with Crippen molar-refractivity contribution >= 4 is 46.7 Å². The van der Waals surface area contributed by atoms with Crippen LogP contribution in [0.5, 0.6) is 0 Å². The van der Waals surface area contributed by atoms with Crippen LogP contribution in [0, 0.1) is 0 Å². The first-order valence-corrected chi connectivity index (χ1v) is 15.0. The van der Waals surface area contributed by atoms with Crippen LogP contribution in [-0.2, 0) is 9.47 Å². The zero-order chi connectivity index (χ0) is 27.9. The SMILES string of the molecule is C[C@@H]1CN(C(=O)OC(C)(C)C)CCCCN1Sc1ccc2c(SCCNC(=O)OC(C)(C)C)nccc2c1. The van der Waals surface area contributed by atoms with Gasteiger partial charge in [-0.05, 0) is 96.8 Å². The summed E-state index contributed by atoms with van der Waals surface area (Å²) >= 11 is 3.35. The Morgan fingerprint density at radius 2 is 1.76 bits per heavy atom. The van der Waals surface area contributed by atoms with Gasteiger partial charge < -0.3 is 19.7 Å². The zero-order valence-corrected chi connectivity index (χ0v) is 25.3. The minimum absolute atomic E-state index is 0.185. The molecule has 1 aromatic heterocycles. The van der Waals surface area contributed by atoms with Gasteiger partial charge in [0.05, 0.1) is 0 Å². The molecule has 1 saturated heterocycles. The van der Waals surface area contributed by atoms with Crippen molar-refractivity contribution in [2.24, 2.45) is 0 Å². The number of aromatic nitrogens is 1. The first kappa shape index (κ1) is 30.4. The predicted molar refractivity (Wildman–Crippen MR) is 156 cm³/mol. The summed E-state index contributed by atoms with van der Waals surface area (Å²) in [7, 11) is 0. The van der Waals surface area contributed by atoms with Crippen LogP contribution >= 0.6 is 23.7 Å². The molecule has 2 amide bonds. The highest BCUT2D eigenvalue weighted by molar-refractivity contribution is 7.99. The maximum atomic E-state index is 12.7. The van der Waals surface area contributed by atoms with E-state index in [1.807, 2.05) is 58.7 Å². The van der Waals surface area contributed by atoms with Gasteiger partial charge in [-0.3, -0.25) is 0 Å². The molecule has 2 heterocycles. The van der Waals surface area contributed by atoms with E-state index in [-0.39, 0.29) is 12.1 Å². The lowest BCUT2D eigenvalue weighted by Crippen LogP contribution is -2.46. The van der Waals surface area contributed by atoms with Crippen molar-refractivity contribution in [2.75, 3.05) is 31.9 Å². The van der Waals surface area contributed by atoms with Crippen LogP contribution in [0.1, 0.15) is 61.3 Å². The number of hydrogen-bond donors (Lipinski definition) is 1. The maximum absolute atomic E-state index is 12.7. The number of alkyl carbamates (subject to hydrolysis) is 1. The molecule has 1 N–H and O–H groups in total. The molecule has 0 aliphatic carbocycles. The monoisotopic (exact) mass is 562 g/mol. The Morgan fingerprint density at radius 1 is 1.05 bits per heavy atom. The summed E-state index contributed by atoms with van der Waals surface area (Å²) in [5.74, 6) is 0.696. The van der Waals surface area contributed by atoms with Crippen molar-refractivity contribution in [2.45, 2.75) is 88.5 Å². The Bertz CT molecular complexity index is 1100. The highest BCUT2D eigenvalue weighted by Gasteiger charge is 2.27. The molecule has 1 fully saturated rings. The molecule has 1 aliphatic rings. The average molecular weight is 563 g/mol. The number of carbonyl (C=O) groups is 2. The molecule has 1 atom stereocenters. The summed E-state index contributed by atoms with van der Waals surface area (Å²) in [6, 6.07) is 8.67. The van der Waals surface area contributed by atoms with Gasteiger partial charge in [-0.15, -0.1) is 11.8 Å². The number of nitrogens with one attached hydrogen (secondary N) is 1. The number of carbonyl (C=O) groups excluding carboxylic acids is 2. The summed E-state index contributed by atoms with van der Waals surface area (Å²) in [5.41, 5.74) is -1.01. The largest absolute Gasteiger partial charge is 0.444 e. The van der Waals surface area contributed by atoms with Crippen molar-refractivity contribution in [1.29, 1.82) is 0 Å². The standard InChI is InChI=1S/C28H42N4O4S2/c1-20-19-31(26(34)36-28(5,6)7)15-8-9-16-32(20)38-22-10-11-23-21(18-22)12-13-29-24(23)37-17-14-30-25(33)35-27(2,3)4/h10-13,18,20H,8-9,14-17,19H2,1-7H3,(H,30,33)/t20-/m1/s1. The molecule has 1 aromatic carbocycles. The maximum Gasteiger partial charge on any atom is 0.410 e. The van der Waals surface area contributed by atoms with E-state index >= 15 is 0 Å². The average Bonchev–Trinajstić information content (AvgIpc) is 2.79. The highest BCUT2D eigenvalue weighted by atomic mass is 32.2. The lowest BCUT2D eigenvalue weighted by Gasteiger charge is -2.36. The summed E-state index contributed by atoms with van der Waals surface area (Å²) in [6.07, 6.45) is 3.17. The molecule has 3 rings (SSSR count). The van der Waals surface area contributed by atoms with Gasteiger partial charge in [0.1, 0.15) is 16.2 Å². The van der Waals surface area contributed by atoms with Gasteiger partial charge in [-0.25, -0.2) is 18.9 Å². The first-order valence-electron chi connectivity index (χ1n) is 13.2. The van der Waals surface area contributed by atoms with Crippen molar-refractivity contribution in [3.05, 3.63) is 30.5 Å². The molecule has 0 unspecified atom stereocenters. The summed E-state index contributed by atoms with van der Waals surface area (Å²) < 4.78 is 13.3. The van der Waals surface area contributed by atoms with Crippen molar-refractivity contribution < 1.29 is 19.1 Å². The minimum Gasteiger partial charge on any atom is -0.444 e. The van der Waals surface area contributed by atoms with Crippen LogP contribution < -0.4 is 5.32 Å². The van der Waals surface area contributed by atoms with Crippen LogP contribution in [0.3, 0.4) is 0 Å². The summed E-state index contributed by atoms with van der Waals surface area (Å²) in [4.78, 5) is 32.1. The molecule has 0 saturated carbocycles. The Balaban J connectivity index is 1.60. The number of thioether (sulfide) groups is 1. The fourth-order valence-electron chi connectivity index (χ4n) is 3.97. The van der Waals surface area contributed by atoms with E-state index in [2.05, 4.69) is 39.7 Å². The second kappa shape index (κ2) is 13.3. The lowest BCUT2D eigenvalue weighted by molar-refractivity contribution is 0.0201. The van der Waals surface area contributed by atoms with Gasteiger partial charge in [-0.1, -0.05) is 6.07 Å². The molecular weight excluding hydrogens is 520 g/mol. The van der Waals surface area contributed by atoms with E-state index < -0.39 is 17.3 Å². The number of hydrogen-bond acceptors (Lipinski definition) is 8. The van der Waals surface area contributed by atoms with Crippen LogP contribution in [0.4, 0.5) is 9.59 Å². The number of ether oxygens (including phenoxy) is 2. The van der Waals surface area contributed by atoms with Gasteiger partial charge in [-0.2, -0.15) is 0 Å². The Morgan fingerprint density at radius 3 is 2.47 bits per heavy atom. The van der Waals surface area contributed by atoms with Gasteiger partial charge >= 0.3 is 12.2 Å². The molecule has 0 radical (unpaired) electrons. The molecule has 8 nitrogen and oxygen atoms in total. The van der Waals surface area contributed by atoms with Gasteiger partial charge in [0.25, 0.3) is 0 Å². The number of nitrogens with zero attached hydrogens (tertiary/aromatic N) is 3. The molecule has 0 bridgehead atoms. The molecule has 0 spiro atoms. The molecule has 10 heteroatoms. The third kappa shape index (κ3) is 9.85. The Hall–Kier alpha value is -2.17. The Labute approximate surface area is 235 Å². The van der Waals surface area contributed by atoms with E-state index in [0.29, 0.717) is 18.8 Å². The number of rotatable bonds is 6. The quantitative estimate of drug-likeness (QED) is 0.240. The Kier molecular flexibility index (Phi) is 10.6. The smallest absolute Gasteiger partial charge is 0.410 e. The van der Waals surface area contributed by atoms with Crippen LogP contribution in [-0.4, -0.2) is 75.6 Å². The van der Waals surface area contributed by atoms with Crippen molar-refractivity contribution in [3.63, 3.8) is 0 Å². The summed E-state index contributed by atoms with van der Waals surface area (Å²) in [5, 5.41) is 5.96. The minimum atomic E-state index is -0.508. The normalized spacial score (nSPS) is 17.6. The van der Waals surface area contributed by atoms with Gasteiger partial charge in [0, 0.05) is 54.5 Å². The number of pyridine rings is 1. The number of amides is 2. The molecule has 1 aliphatic heterocycles. The summed E-state index contributed by atoms with van der Waals surface area (Å²) in [6.45, 7) is 16.3. The second-order valence-electron chi connectivity index (χ2n) is 11.5.